The van der Waals surface area contributed by atoms with Gasteiger partial charge in [0.1, 0.15) is 5.52 Å². The van der Waals surface area contributed by atoms with Crippen LogP contribution < -0.4 is 5.32 Å². The highest BCUT2D eigenvalue weighted by molar-refractivity contribution is 5.85. The number of fused-ring (bicyclic) bond motifs is 1. The second-order valence-electron chi connectivity index (χ2n) is 6.53. The van der Waals surface area contributed by atoms with Crippen molar-refractivity contribution in [1.82, 2.24) is 30.0 Å². The van der Waals surface area contributed by atoms with Crippen molar-refractivity contribution in [3.63, 3.8) is 0 Å². The van der Waals surface area contributed by atoms with Crippen molar-refractivity contribution in [2.75, 3.05) is 13.1 Å². The lowest BCUT2D eigenvalue weighted by molar-refractivity contribution is 0.357. The van der Waals surface area contributed by atoms with Gasteiger partial charge >= 0.3 is 0 Å². The average Bonchev–Trinajstić information content (AvgIpc) is 3.07. The van der Waals surface area contributed by atoms with Gasteiger partial charge in [0, 0.05) is 31.2 Å². The van der Waals surface area contributed by atoms with Crippen molar-refractivity contribution in [2.45, 2.75) is 25.7 Å². The van der Waals surface area contributed by atoms with Gasteiger partial charge in [-0.2, -0.15) is 5.10 Å². The molecule has 3 aromatic heterocycles. The zero-order chi connectivity index (χ0) is 16.4. The minimum atomic E-state index is 0. The van der Waals surface area contributed by atoms with Gasteiger partial charge in [-0.3, -0.25) is 19.6 Å². The van der Waals surface area contributed by atoms with Gasteiger partial charge in [0.25, 0.3) is 0 Å². The van der Waals surface area contributed by atoms with Crippen LogP contribution in [-0.4, -0.2) is 37.8 Å². The molecule has 1 atom stereocenters. The fourth-order valence-electron chi connectivity index (χ4n) is 3.42. The van der Waals surface area contributed by atoms with E-state index < -0.39 is 0 Å². The Labute approximate surface area is 153 Å². The van der Waals surface area contributed by atoms with Gasteiger partial charge in [-0.1, -0.05) is 0 Å². The molecule has 1 aliphatic heterocycles. The minimum Gasteiger partial charge on any atom is -0.316 e. The molecule has 4 rings (SSSR count). The fraction of sp³-hybridized carbons (Fsp3) is 0.444. The first kappa shape index (κ1) is 17.8. The van der Waals surface area contributed by atoms with Crippen LogP contribution in [0.25, 0.3) is 22.3 Å². The maximum absolute atomic E-state index is 4.89. The van der Waals surface area contributed by atoms with E-state index in [9.17, 15) is 0 Å². The summed E-state index contributed by atoms with van der Waals surface area (Å²) in [6.07, 6.45) is 12.0. The summed E-state index contributed by atoms with van der Waals surface area (Å²) in [6.45, 7) is 2.27. The van der Waals surface area contributed by atoms with E-state index in [4.69, 9.17) is 4.98 Å². The topological polar surface area (TPSA) is 68.5 Å². The van der Waals surface area contributed by atoms with Crippen LogP contribution in [0, 0.1) is 5.92 Å². The fourth-order valence-corrected chi connectivity index (χ4v) is 3.42. The largest absolute Gasteiger partial charge is 0.316 e. The lowest BCUT2D eigenvalue weighted by Crippen LogP contribution is -2.30. The van der Waals surface area contributed by atoms with E-state index in [-0.39, 0.29) is 12.4 Å². The predicted octanol–water partition coefficient (Wildman–Crippen LogP) is 2.78. The van der Waals surface area contributed by atoms with Crippen LogP contribution in [0.15, 0.2) is 30.9 Å². The van der Waals surface area contributed by atoms with Crippen LogP contribution in [0.3, 0.4) is 0 Å². The molecule has 0 bridgehead atoms. The Morgan fingerprint density at radius 1 is 1.28 bits per heavy atom. The second-order valence-corrected chi connectivity index (χ2v) is 6.53. The van der Waals surface area contributed by atoms with Crippen molar-refractivity contribution in [1.29, 1.82) is 0 Å². The molecular weight excluding hydrogens is 336 g/mol. The van der Waals surface area contributed by atoms with Gasteiger partial charge in [0.05, 0.1) is 23.1 Å². The third-order valence-corrected chi connectivity index (χ3v) is 4.72. The highest BCUT2D eigenvalue weighted by Crippen LogP contribution is 2.24. The Kier molecular flexibility index (Phi) is 5.60. The molecule has 4 heterocycles. The Balaban J connectivity index is 0.00000182. The molecule has 132 valence electrons. The zero-order valence-electron chi connectivity index (χ0n) is 14.4. The molecule has 1 N–H and O–H groups in total. The van der Waals surface area contributed by atoms with E-state index >= 15 is 0 Å². The van der Waals surface area contributed by atoms with Crippen LogP contribution >= 0.6 is 12.4 Å². The van der Waals surface area contributed by atoms with Gasteiger partial charge in [0.2, 0.25) is 0 Å². The van der Waals surface area contributed by atoms with Crippen molar-refractivity contribution >= 4 is 23.4 Å². The predicted molar refractivity (Wildman–Crippen MR) is 101 cm³/mol. The molecule has 1 unspecified atom stereocenters. The molecule has 1 aliphatic rings. The molecule has 0 aromatic carbocycles. The van der Waals surface area contributed by atoms with Crippen molar-refractivity contribution < 1.29 is 0 Å². The average molecular weight is 359 g/mol. The van der Waals surface area contributed by atoms with E-state index in [1.807, 2.05) is 25.5 Å². The summed E-state index contributed by atoms with van der Waals surface area (Å²) in [4.78, 5) is 13.9. The number of nitrogens with zero attached hydrogens (tertiary/aromatic N) is 5. The molecule has 0 saturated carbocycles. The number of hydrogen-bond donors (Lipinski definition) is 1. The molecule has 0 aliphatic carbocycles. The quantitative estimate of drug-likeness (QED) is 0.776. The molecular formula is C18H23ClN6. The summed E-state index contributed by atoms with van der Waals surface area (Å²) in [7, 11) is 1.92. The molecule has 1 saturated heterocycles. The number of halogens is 1. The highest BCUT2D eigenvalue weighted by atomic mass is 35.5. The third-order valence-electron chi connectivity index (χ3n) is 4.72. The number of rotatable bonds is 4. The van der Waals surface area contributed by atoms with E-state index in [2.05, 4.69) is 20.4 Å². The first-order valence-corrected chi connectivity index (χ1v) is 8.60. The Bertz CT molecular complexity index is 840. The number of nitrogens with one attached hydrogen (secondary N) is 1. The number of piperidine rings is 1. The highest BCUT2D eigenvalue weighted by Gasteiger charge is 2.16. The van der Waals surface area contributed by atoms with Crippen LogP contribution in [0.4, 0.5) is 0 Å². The lowest BCUT2D eigenvalue weighted by atomic mass is 9.93. The van der Waals surface area contributed by atoms with Crippen molar-refractivity contribution in [3.05, 3.63) is 36.5 Å². The molecule has 25 heavy (non-hydrogen) atoms. The molecule has 0 spiro atoms. The van der Waals surface area contributed by atoms with Gasteiger partial charge in [-0.15, -0.1) is 12.4 Å². The minimum absolute atomic E-state index is 0. The second kappa shape index (κ2) is 7.89. The van der Waals surface area contributed by atoms with Crippen LogP contribution in [-0.2, 0) is 13.5 Å². The third kappa shape index (κ3) is 3.96. The maximum atomic E-state index is 4.89. The van der Waals surface area contributed by atoms with Gasteiger partial charge in [0.15, 0.2) is 0 Å². The Morgan fingerprint density at radius 2 is 2.16 bits per heavy atom. The Morgan fingerprint density at radius 3 is 2.92 bits per heavy atom. The molecule has 0 radical (unpaired) electrons. The van der Waals surface area contributed by atoms with E-state index in [0.717, 1.165) is 59.8 Å². The number of hydrogen-bond acceptors (Lipinski definition) is 5. The van der Waals surface area contributed by atoms with Gasteiger partial charge < -0.3 is 5.32 Å². The van der Waals surface area contributed by atoms with Crippen molar-refractivity contribution in [2.24, 2.45) is 13.0 Å². The molecule has 0 amide bonds. The summed E-state index contributed by atoms with van der Waals surface area (Å²) in [6, 6.07) is 2.00. The number of pyridine rings is 1. The molecule has 7 heteroatoms. The maximum Gasteiger partial charge on any atom is 0.110 e. The van der Waals surface area contributed by atoms with Crippen LogP contribution in [0.2, 0.25) is 0 Å². The summed E-state index contributed by atoms with van der Waals surface area (Å²) in [5, 5.41) is 7.74. The van der Waals surface area contributed by atoms with E-state index in [1.54, 1.807) is 17.1 Å². The van der Waals surface area contributed by atoms with Gasteiger partial charge in [-0.25, -0.2) is 0 Å². The molecule has 6 nitrogen and oxygen atoms in total. The standard InChI is InChI=1S/C18H22N6.ClH/c1-24-12-14(11-22-24)16-9-17-18(21-8-7-20-17)15(23-16)5-4-13-3-2-6-19-10-13;/h7-9,11-13,19H,2-6,10H2,1H3;1H. The first-order chi connectivity index (χ1) is 11.8. The lowest BCUT2D eigenvalue weighted by Gasteiger charge is -2.22. The van der Waals surface area contributed by atoms with Crippen LogP contribution in [0.1, 0.15) is 25.0 Å². The van der Waals surface area contributed by atoms with E-state index in [0.29, 0.717) is 0 Å². The number of aromatic nitrogens is 5. The zero-order valence-corrected chi connectivity index (χ0v) is 15.2. The SMILES string of the molecule is Cl.Cn1cc(-c2cc3nccnc3c(CCC3CCCNC3)n2)cn1. The van der Waals surface area contributed by atoms with E-state index in [1.165, 1.54) is 12.8 Å². The monoisotopic (exact) mass is 358 g/mol. The van der Waals surface area contributed by atoms with Crippen molar-refractivity contribution in [3.8, 4) is 11.3 Å². The molecule has 1 fully saturated rings. The summed E-state index contributed by atoms with van der Waals surface area (Å²) in [5.41, 5.74) is 4.82. The normalized spacial score (nSPS) is 17.4. The van der Waals surface area contributed by atoms with Crippen LogP contribution in [0.5, 0.6) is 0 Å². The smallest absolute Gasteiger partial charge is 0.110 e. The number of aryl methyl sites for hydroxylation is 2. The first-order valence-electron chi connectivity index (χ1n) is 8.60. The summed E-state index contributed by atoms with van der Waals surface area (Å²) < 4.78 is 1.80. The Hall–Kier alpha value is -2.05. The molecule has 3 aromatic rings. The van der Waals surface area contributed by atoms with Gasteiger partial charge in [-0.05, 0) is 50.8 Å². The summed E-state index contributed by atoms with van der Waals surface area (Å²) >= 11 is 0. The summed E-state index contributed by atoms with van der Waals surface area (Å²) in [5.74, 6) is 0.731.